The van der Waals surface area contributed by atoms with Crippen LogP contribution in [0, 0.1) is 0 Å². The van der Waals surface area contributed by atoms with Crippen molar-refractivity contribution in [2.75, 3.05) is 4.90 Å². The molecule has 10 rings (SSSR count). The van der Waals surface area contributed by atoms with Crippen molar-refractivity contribution < 1.29 is 0 Å². The average Bonchev–Trinajstić information content (AvgIpc) is 3.64. The molecule has 0 amide bonds. The van der Waals surface area contributed by atoms with Crippen molar-refractivity contribution in [2.24, 2.45) is 0 Å². The van der Waals surface area contributed by atoms with Gasteiger partial charge in [0, 0.05) is 42.5 Å². The first-order chi connectivity index (χ1) is 24.1. The van der Waals surface area contributed by atoms with Crippen molar-refractivity contribution in [1.29, 1.82) is 0 Å². The second kappa shape index (κ2) is 10.7. The largest absolute Gasteiger partial charge is 0.310 e. The van der Waals surface area contributed by atoms with Crippen LogP contribution in [0.25, 0.3) is 64.0 Å². The Hall–Kier alpha value is -5.70. The van der Waals surface area contributed by atoms with Gasteiger partial charge in [-0.05, 0) is 91.8 Å². The Kier molecular flexibility index (Phi) is 6.16. The van der Waals surface area contributed by atoms with E-state index < -0.39 is 0 Å². The molecule has 0 aliphatic heterocycles. The summed E-state index contributed by atoms with van der Waals surface area (Å²) in [6.07, 6.45) is 0. The molecule has 0 N–H and O–H groups in total. The number of benzene rings is 8. The van der Waals surface area contributed by atoms with Crippen LogP contribution < -0.4 is 4.90 Å². The van der Waals surface area contributed by atoms with Crippen molar-refractivity contribution in [3.05, 3.63) is 175 Å². The lowest BCUT2D eigenvalue weighted by atomic mass is 9.80. The maximum absolute atomic E-state index is 2.50. The van der Waals surface area contributed by atoms with Gasteiger partial charge < -0.3 is 4.90 Å². The summed E-state index contributed by atoms with van der Waals surface area (Å²) in [4.78, 5) is 2.50. The SMILES string of the molecule is CC1(C)c2ccccc2-c2c(N(c3ccc(-c4cccc5ccccc45)cc3)c3ccc4sc5ccccc5c4c3)cc3ccccc3c21. The van der Waals surface area contributed by atoms with Crippen LogP contribution in [-0.4, -0.2) is 0 Å². The number of fused-ring (bicyclic) bond motifs is 9. The molecule has 0 fully saturated rings. The van der Waals surface area contributed by atoms with Gasteiger partial charge in [-0.1, -0.05) is 135 Å². The molecule has 1 aliphatic rings. The Morgan fingerprint density at radius 2 is 1.10 bits per heavy atom. The number of hydrogen-bond acceptors (Lipinski definition) is 2. The Morgan fingerprint density at radius 1 is 0.469 bits per heavy atom. The van der Waals surface area contributed by atoms with Gasteiger partial charge >= 0.3 is 0 Å². The molecule has 0 radical (unpaired) electrons. The van der Waals surface area contributed by atoms with Crippen molar-refractivity contribution >= 4 is 70.1 Å². The quantitative estimate of drug-likeness (QED) is 0.184. The molecule has 0 spiro atoms. The minimum Gasteiger partial charge on any atom is -0.310 e. The van der Waals surface area contributed by atoms with E-state index in [0.29, 0.717) is 0 Å². The lowest BCUT2D eigenvalue weighted by Crippen LogP contribution is -2.16. The van der Waals surface area contributed by atoms with Crippen LogP contribution in [0.2, 0.25) is 0 Å². The van der Waals surface area contributed by atoms with Crippen LogP contribution >= 0.6 is 11.3 Å². The summed E-state index contributed by atoms with van der Waals surface area (Å²) in [5.41, 5.74) is 11.3. The van der Waals surface area contributed by atoms with Gasteiger partial charge in [0.25, 0.3) is 0 Å². The van der Waals surface area contributed by atoms with Gasteiger partial charge in [-0.3, -0.25) is 0 Å². The maximum Gasteiger partial charge on any atom is 0.0549 e. The minimum absolute atomic E-state index is 0.140. The van der Waals surface area contributed by atoms with E-state index in [1.54, 1.807) is 0 Å². The lowest BCUT2D eigenvalue weighted by molar-refractivity contribution is 0.666. The van der Waals surface area contributed by atoms with Crippen LogP contribution in [0.15, 0.2) is 164 Å². The standard InChI is InChI=1S/C47H33NS/c1-47(2)41-20-9-7-18-39(41)45-42(28-32-13-4-6-16-37(32)46(45)47)48(34-26-27-44-40(29-34)38-17-8-10-21-43(38)49-44)33-24-22-31(23-25-33)36-19-11-14-30-12-3-5-15-35(30)36/h3-29H,1-2H3. The van der Waals surface area contributed by atoms with E-state index in [2.05, 4.69) is 183 Å². The molecule has 232 valence electrons. The Bertz CT molecular complexity index is 2740. The molecule has 1 aliphatic carbocycles. The van der Waals surface area contributed by atoms with Gasteiger partial charge in [-0.2, -0.15) is 0 Å². The van der Waals surface area contributed by atoms with E-state index in [4.69, 9.17) is 0 Å². The summed E-state index contributed by atoms with van der Waals surface area (Å²) in [5.74, 6) is 0. The van der Waals surface area contributed by atoms with E-state index in [-0.39, 0.29) is 5.41 Å². The van der Waals surface area contributed by atoms with Gasteiger partial charge in [0.15, 0.2) is 0 Å². The smallest absolute Gasteiger partial charge is 0.0549 e. The number of nitrogens with zero attached hydrogens (tertiary/aromatic N) is 1. The molecule has 1 heterocycles. The summed E-state index contributed by atoms with van der Waals surface area (Å²) in [5, 5.41) is 7.73. The van der Waals surface area contributed by atoms with Crippen molar-refractivity contribution in [2.45, 2.75) is 19.3 Å². The first-order valence-electron chi connectivity index (χ1n) is 17.0. The fourth-order valence-electron chi connectivity index (χ4n) is 8.36. The highest BCUT2D eigenvalue weighted by Crippen LogP contribution is 2.57. The van der Waals surface area contributed by atoms with Gasteiger partial charge in [0.05, 0.1) is 5.69 Å². The monoisotopic (exact) mass is 643 g/mol. The molecule has 49 heavy (non-hydrogen) atoms. The van der Waals surface area contributed by atoms with Gasteiger partial charge in [-0.15, -0.1) is 11.3 Å². The zero-order chi connectivity index (χ0) is 32.7. The Balaban J connectivity index is 1.25. The highest BCUT2D eigenvalue weighted by atomic mass is 32.1. The highest BCUT2D eigenvalue weighted by molar-refractivity contribution is 7.25. The lowest BCUT2D eigenvalue weighted by Gasteiger charge is -2.30. The van der Waals surface area contributed by atoms with Crippen LogP contribution in [-0.2, 0) is 5.41 Å². The molecule has 8 aromatic carbocycles. The molecule has 1 nitrogen and oxygen atoms in total. The molecule has 2 heteroatoms. The van der Waals surface area contributed by atoms with Crippen molar-refractivity contribution in [3.8, 4) is 22.3 Å². The van der Waals surface area contributed by atoms with E-state index >= 15 is 0 Å². The third-order valence-electron chi connectivity index (χ3n) is 10.6. The van der Waals surface area contributed by atoms with Crippen LogP contribution in [0.4, 0.5) is 17.1 Å². The Labute approximate surface area is 290 Å². The normalized spacial score (nSPS) is 13.3. The number of hydrogen-bond donors (Lipinski definition) is 0. The molecule has 0 saturated carbocycles. The molecular formula is C47H33NS. The highest BCUT2D eigenvalue weighted by Gasteiger charge is 2.39. The first kappa shape index (κ1) is 28.3. The fraction of sp³-hybridized carbons (Fsp3) is 0.0638. The van der Waals surface area contributed by atoms with Gasteiger partial charge in [-0.25, -0.2) is 0 Å². The molecule has 0 atom stereocenters. The Morgan fingerprint density at radius 3 is 1.96 bits per heavy atom. The summed E-state index contributed by atoms with van der Waals surface area (Å²) < 4.78 is 2.63. The maximum atomic E-state index is 2.50. The molecule has 0 bridgehead atoms. The van der Waals surface area contributed by atoms with Crippen LogP contribution in [0.5, 0.6) is 0 Å². The average molecular weight is 644 g/mol. The summed E-state index contributed by atoms with van der Waals surface area (Å²) in [7, 11) is 0. The number of anilines is 3. The van der Waals surface area contributed by atoms with E-state index in [0.717, 1.165) is 11.4 Å². The summed E-state index contributed by atoms with van der Waals surface area (Å²) in [6.45, 7) is 4.78. The van der Waals surface area contributed by atoms with Crippen molar-refractivity contribution in [1.82, 2.24) is 0 Å². The topological polar surface area (TPSA) is 3.24 Å². The molecule has 0 unspecified atom stereocenters. The zero-order valence-corrected chi connectivity index (χ0v) is 28.3. The van der Waals surface area contributed by atoms with E-state index in [1.165, 1.54) is 80.8 Å². The van der Waals surface area contributed by atoms with Crippen LogP contribution in [0.3, 0.4) is 0 Å². The van der Waals surface area contributed by atoms with Crippen molar-refractivity contribution in [3.63, 3.8) is 0 Å². The zero-order valence-electron chi connectivity index (χ0n) is 27.4. The minimum atomic E-state index is -0.140. The third kappa shape index (κ3) is 4.24. The fourth-order valence-corrected chi connectivity index (χ4v) is 9.45. The number of thiophene rings is 1. The molecular weight excluding hydrogens is 611 g/mol. The molecule has 9 aromatic rings. The first-order valence-corrected chi connectivity index (χ1v) is 17.8. The second-order valence-corrected chi connectivity index (χ2v) is 14.8. The van der Waals surface area contributed by atoms with E-state index in [9.17, 15) is 0 Å². The molecule has 1 aromatic heterocycles. The van der Waals surface area contributed by atoms with Gasteiger partial charge in [0.1, 0.15) is 0 Å². The van der Waals surface area contributed by atoms with Crippen LogP contribution in [0.1, 0.15) is 25.0 Å². The van der Waals surface area contributed by atoms with E-state index in [1.807, 2.05) is 11.3 Å². The number of rotatable bonds is 4. The third-order valence-corrected chi connectivity index (χ3v) is 11.8. The predicted molar refractivity (Wildman–Crippen MR) is 212 cm³/mol. The predicted octanol–water partition coefficient (Wildman–Crippen LogP) is 13.8. The van der Waals surface area contributed by atoms with Gasteiger partial charge in [0.2, 0.25) is 0 Å². The summed E-state index contributed by atoms with van der Waals surface area (Å²) >= 11 is 1.87. The second-order valence-electron chi connectivity index (χ2n) is 13.7. The molecule has 0 saturated heterocycles. The summed E-state index contributed by atoms with van der Waals surface area (Å²) in [6, 6.07) is 60.6.